The number of carbonyl (C=O) groups excluding carboxylic acids is 2. The quantitative estimate of drug-likeness (QED) is 0.360. The van der Waals surface area contributed by atoms with Crippen molar-refractivity contribution in [3.8, 4) is 0 Å². The SMILES string of the molecule is Nc1ccc(C(=O)OCC2CCC(CO)(COC(=O)c3ccc(N)cc3)CC2CO)cc1. The summed E-state index contributed by atoms with van der Waals surface area (Å²) >= 11 is 0. The van der Waals surface area contributed by atoms with Crippen LogP contribution in [0.15, 0.2) is 48.5 Å². The van der Waals surface area contributed by atoms with E-state index >= 15 is 0 Å². The van der Waals surface area contributed by atoms with Crippen molar-refractivity contribution in [1.82, 2.24) is 0 Å². The third kappa shape index (κ3) is 5.77. The number of esters is 2. The van der Waals surface area contributed by atoms with Crippen LogP contribution in [-0.4, -0.2) is 48.6 Å². The van der Waals surface area contributed by atoms with E-state index in [1.165, 1.54) is 0 Å². The van der Waals surface area contributed by atoms with Crippen LogP contribution in [0.2, 0.25) is 0 Å². The van der Waals surface area contributed by atoms with Crippen LogP contribution < -0.4 is 11.5 Å². The first-order valence-corrected chi connectivity index (χ1v) is 10.6. The Labute approximate surface area is 187 Å². The third-order valence-corrected chi connectivity index (χ3v) is 6.21. The van der Waals surface area contributed by atoms with Gasteiger partial charge in [-0.05, 0) is 79.6 Å². The van der Waals surface area contributed by atoms with E-state index in [1.54, 1.807) is 48.5 Å². The molecule has 3 rings (SSSR count). The van der Waals surface area contributed by atoms with Gasteiger partial charge in [-0.1, -0.05) is 0 Å². The maximum Gasteiger partial charge on any atom is 0.338 e. The van der Waals surface area contributed by atoms with Crippen molar-refractivity contribution in [3.05, 3.63) is 59.7 Å². The highest BCUT2D eigenvalue weighted by Crippen LogP contribution is 2.42. The number of benzene rings is 2. The lowest BCUT2D eigenvalue weighted by Gasteiger charge is -2.42. The molecular weight excluding hydrogens is 412 g/mol. The maximum atomic E-state index is 12.3. The fourth-order valence-corrected chi connectivity index (χ4v) is 4.11. The highest BCUT2D eigenvalue weighted by Gasteiger charge is 2.42. The zero-order valence-corrected chi connectivity index (χ0v) is 17.9. The van der Waals surface area contributed by atoms with E-state index in [4.69, 9.17) is 20.9 Å². The van der Waals surface area contributed by atoms with Crippen LogP contribution in [0.3, 0.4) is 0 Å². The van der Waals surface area contributed by atoms with E-state index in [0.717, 1.165) is 0 Å². The number of rotatable bonds is 8. The van der Waals surface area contributed by atoms with Gasteiger partial charge in [0.25, 0.3) is 0 Å². The van der Waals surface area contributed by atoms with Crippen molar-refractivity contribution < 1.29 is 29.3 Å². The van der Waals surface area contributed by atoms with Crippen molar-refractivity contribution in [2.75, 3.05) is 37.9 Å². The van der Waals surface area contributed by atoms with Crippen molar-refractivity contribution in [3.63, 3.8) is 0 Å². The molecule has 0 heterocycles. The Morgan fingerprint density at radius 2 is 1.41 bits per heavy atom. The Balaban J connectivity index is 1.56. The van der Waals surface area contributed by atoms with Gasteiger partial charge in [0.05, 0.1) is 30.9 Å². The van der Waals surface area contributed by atoms with Crippen LogP contribution in [0.1, 0.15) is 40.0 Å². The molecule has 0 aliphatic heterocycles. The molecule has 3 atom stereocenters. The van der Waals surface area contributed by atoms with Crippen LogP contribution in [-0.2, 0) is 9.47 Å². The topological polar surface area (TPSA) is 145 Å². The number of nitrogens with two attached hydrogens (primary N) is 2. The lowest BCUT2D eigenvalue weighted by molar-refractivity contribution is -0.0506. The zero-order valence-electron chi connectivity index (χ0n) is 17.9. The molecule has 2 aromatic rings. The third-order valence-electron chi connectivity index (χ3n) is 6.21. The molecule has 0 radical (unpaired) electrons. The molecule has 0 spiro atoms. The summed E-state index contributed by atoms with van der Waals surface area (Å²) in [6.45, 7) is -0.0729. The second-order valence-corrected chi connectivity index (χ2v) is 8.52. The van der Waals surface area contributed by atoms with Gasteiger partial charge in [0.2, 0.25) is 0 Å². The van der Waals surface area contributed by atoms with Gasteiger partial charge in [0.1, 0.15) is 0 Å². The molecule has 32 heavy (non-hydrogen) atoms. The van der Waals surface area contributed by atoms with Crippen LogP contribution in [0.5, 0.6) is 0 Å². The van der Waals surface area contributed by atoms with Crippen LogP contribution >= 0.6 is 0 Å². The summed E-state index contributed by atoms with van der Waals surface area (Å²) in [5.74, 6) is -1.17. The van der Waals surface area contributed by atoms with Gasteiger partial charge in [-0.3, -0.25) is 0 Å². The van der Waals surface area contributed by atoms with E-state index < -0.39 is 17.4 Å². The van der Waals surface area contributed by atoms with Gasteiger partial charge < -0.3 is 31.2 Å². The normalized spacial score (nSPS) is 22.8. The van der Waals surface area contributed by atoms with Gasteiger partial charge in [0, 0.05) is 23.4 Å². The monoisotopic (exact) mass is 442 g/mol. The molecular formula is C24H30N2O6. The van der Waals surface area contributed by atoms with E-state index in [1.807, 2.05) is 0 Å². The second-order valence-electron chi connectivity index (χ2n) is 8.52. The predicted molar refractivity (Wildman–Crippen MR) is 120 cm³/mol. The highest BCUT2D eigenvalue weighted by molar-refractivity contribution is 5.90. The van der Waals surface area contributed by atoms with Gasteiger partial charge in [-0.15, -0.1) is 0 Å². The zero-order chi connectivity index (χ0) is 23.1. The van der Waals surface area contributed by atoms with Crippen molar-refractivity contribution in [1.29, 1.82) is 0 Å². The van der Waals surface area contributed by atoms with Crippen molar-refractivity contribution in [2.24, 2.45) is 17.3 Å². The number of ether oxygens (including phenoxy) is 2. The van der Waals surface area contributed by atoms with E-state index in [9.17, 15) is 19.8 Å². The van der Waals surface area contributed by atoms with Crippen molar-refractivity contribution >= 4 is 23.3 Å². The second kappa shape index (κ2) is 10.5. The number of anilines is 2. The molecule has 1 aliphatic carbocycles. The highest BCUT2D eigenvalue weighted by atomic mass is 16.5. The smallest absolute Gasteiger partial charge is 0.338 e. The fraction of sp³-hybridized carbons (Fsp3) is 0.417. The molecule has 1 saturated carbocycles. The molecule has 0 amide bonds. The standard InChI is InChI=1S/C24H30N2O6/c25-20-5-1-16(2-6-20)22(29)31-13-18-9-10-24(14-28,11-19(18)12-27)15-32-23(30)17-3-7-21(26)8-4-17/h1-8,18-19,27-28H,9-15,25-26H2. The molecule has 0 aromatic heterocycles. The van der Waals surface area contributed by atoms with E-state index in [-0.39, 0.29) is 38.3 Å². The van der Waals surface area contributed by atoms with Gasteiger partial charge >= 0.3 is 11.9 Å². The lowest BCUT2D eigenvalue weighted by Crippen LogP contribution is -2.43. The first-order chi connectivity index (χ1) is 15.4. The number of aliphatic hydroxyl groups is 2. The Morgan fingerprint density at radius 3 is 1.91 bits per heavy atom. The fourth-order valence-electron chi connectivity index (χ4n) is 4.11. The Hall–Kier alpha value is -3.10. The Morgan fingerprint density at radius 1 is 0.875 bits per heavy atom. The minimum atomic E-state index is -0.645. The molecule has 0 saturated heterocycles. The molecule has 172 valence electrons. The van der Waals surface area contributed by atoms with E-state index in [0.29, 0.717) is 41.8 Å². The Kier molecular flexibility index (Phi) is 7.71. The first-order valence-electron chi connectivity index (χ1n) is 10.6. The molecule has 1 fully saturated rings. The summed E-state index contributed by atoms with van der Waals surface area (Å²) in [4.78, 5) is 24.6. The summed E-state index contributed by atoms with van der Waals surface area (Å²) in [6, 6.07) is 12.9. The van der Waals surface area contributed by atoms with Gasteiger partial charge in [-0.2, -0.15) is 0 Å². The van der Waals surface area contributed by atoms with Gasteiger partial charge in [-0.25, -0.2) is 9.59 Å². The molecule has 8 nitrogen and oxygen atoms in total. The number of hydrogen-bond donors (Lipinski definition) is 4. The van der Waals surface area contributed by atoms with Crippen LogP contribution in [0, 0.1) is 17.3 Å². The van der Waals surface area contributed by atoms with Gasteiger partial charge in [0.15, 0.2) is 0 Å². The average Bonchev–Trinajstić information content (AvgIpc) is 2.82. The number of carbonyl (C=O) groups is 2. The predicted octanol–water partition coefficient (Wildman–Crippen LogP) is 2.25. The first kappa shape index (κ1) is 23.6. The number of aliphatic hydroxyl groups excluding tert-OH is 2. The summed E-state index contributed by atoms with van der Waals surface area (Å²) in [5, 5.41) is 20.0. The minimum Gasteiger partial charge on any atom is -0.462 e. The summed E-state index contributed by atoms with van der Waals surface area (Å²) < 4.78 is 10.9. The number of nitrogen functional groups attached to an aromatic ring is 2. The molecule has 0 bridgehead atoms. The molecule has 6 N–H and O–H groups in total. The number of hydrogen-bond acceptors (Lipinski definition) is 8. The largest absolute Gasteiger partial charge is 0.462 e. The van der Waals surface area contributed by atoms with E-state index in [2.05, 4.69) is 0 Å². The molecule has 8 heteroatoms. The Bertz CT molecular complexity index is 915. The lowest BCUT2D eigenvalue weighted by atomic mass is 9.66. The average molecular weight is 443 g/mol. The summed E-state index contributed by atoms with van der Waals surface area (Å²) in [5.41, 5.74) is 12.5. The maximum absolute atomic E-state index is 12.3. The molecule has 1 aliphatic rings. The van der Waals surface area contributed by atoms with Crippen LogP contribution in [0.4, 0.5) is 11.4 Å². The summed E-state index contributed by atoms with van der Waals surface area (Å²) in [7, 11) is 0. The molecule has 3 unspecified atom stereocenters. The van der Waals surface area contributed by atoms with Crippen LogP contribution in [0.25, 0.3) is 0 Å². The van der Waals surface area contributed by atoms with Crippen molar-refractivity contribution in [2.45, 2.75) is 19.3 Å². The molecule has 2 aromatic carbocycles. The summed E-state index contributed by atoms with van der Waals surface area (Å²) in [6.07, 6.45) is 1.67. The minimum absolute atomic E-state index is 0.0428.